The molecule has 4 aromatic rings. The van der Waals surface area contributed by atoms with Gasteiger partial charge in [-0.25, -0.2) is 8.78 Å². The Morgan fingerprint density at radius 2 is 1.25 bits per heavy atom. The van der Waals surface area contributed by atoms with E-state index in [9.17, 15) is 14.2 Å². The Morgan fingerprint density at radius 3 is 1.80 bits per heavy atom. The normalized spacial score (nSPS) is 21.7. The summed E-state index contributed by atoms with van der Waals surface area (Å²) in [5, 5.41) is 10.1. The number of halogens is 4. The van der Waals surface area contributed by atoms with Crippen molar-refractivity contribution in [1.82, 2.24) is 0 Å². The summed E-state index contributed by atoms with van der Waals surface area (Å²) in [5.41, 5.74) is 8.76. The minimum absolute atomic E-state index is 0. The summed E-state index contributed by atoms with van der Waals surface area (Å²) >= 11 is -0.556. The fourth-order valence-electron chi connectivity index (χ4n) is 7.89. The van der Waals surface area contributed by atoms with Gasteiger partial charge in [0.15, 0.2) is 0 Å². The average molecular weight is 767 g/mol. The smallest absolute Gasteiger partial charge is 0.129 e. The van der Waals surface area contributed by atoms with Crippen molar-refractivity contribution in [2.24, 2.45) is 17.8 Å². The Labute approximate surface area is 321 Å². The van der Waals surface area contributed by atoms with Crippen LogP contribution in [-0.2, 0) is 34.4 Å². The minimum atomic E-state index is -0.686. The summed E-state index contributed by atoms with van der Waals surface area (Å²) in [6, 6.07) is 27.9. The van der Waals surface area contributed by atoms with Gasteiger partial charge in [0, 0.05) is 29.0 Å². The van der Waals surface area contributed by atoms with Crippen molar-refractivity contribution in [3.63, 3.8) is 0 Å². The fraction of sp³-hybridized carbons (Fsp3) is 0.395. The summed E-state index contributed by atoms with van der Waals surface area (Å²) in [6.45, 7) is 21.7. The topological polar surface area (TPSA) is 28.8 Å². The molecule has 1 saturated carbocycles. The summed E-state index contributed by atoms with van der Waals surface area (Å²) in [5.74, 6) is 1.28. The van der Waals surface area contributed by atoms with Crippen molar-refractivity contribution in [2.45, 2.75) is 91.6 Å². The van der Waals surface area contributed by atoms with Gasteiger partial charge in [-0.2, -0.15) is 0 Å². The Morgan fingerprint density at radius 1 is 0.725 bits per heavy atom. The molecule has 2 aliphatic heterocycles. The number of hydrogen-bond acceptors (Lipinski definition) is 1. The predicted molar refractivity (Wildman–Crippen MR) is 211 cm³/mol. The number of anilines is 3. The first-order chi connectivity index (χ1) is 23.5. The molecule has 0 N–H and O–H groups in total. The van der Waals surface area contributed by atoms with Crippen LogP contribution in [0, 0.1) is 36.8 Å². The van der Waals surface area contributed by atoms with Gasteiger partial charge >= 0.3 is 35.6 Å². The van der Waals surface area contributed by atoms with Crippen LogP contribution in [0.3, 0.4) is 0 Å². The number of rotatable bonds is 2. The van der Waals surface area contributed by atoms with Crippen molar-refractivity contribution in [2.75, 3.05) is 9.80 Å². The third kappa shape index (κ3) is 8.13. The zero-order chi connectivity index (χ0) is 36.7. The van der Waals surface area contributed by atoms with Crippen LogP contribution in [0.1, 0.15) is 96.0 Å². The van der Waals surface area contributed by atoms with Crippen LogP contribution in [-0.4, -0.2) is 11.9 Å². The first-order valence-corrected chi connectivity index (χ1v) is 21.7. The molecule has 3 nitrogen and oxygen atoms in total. The molecule has 5 atom stereocenters. The monoisotopic (exact) mass is 765 g/mol. The first-order valence-electron chi connectivity index (χ1n) is 17.4. The van der Waals surface area contributed by atoms with Gasteiger partial charge < -0.3 is 22.6 Å². The maximum absolute atomic E-state index is 13.7. The van der Waals surface area contributed by atoms with Crippen molar-refractivity contribution < 1.29 is 25.8 Å². The molecule has 8 heteroatoms. The van der Waals surface area contributed by atoms with Crippen molar-refractivity contribution in [3.8, 4) is 0 Å². The maximum atomic E-state index is 13.7. The van der Waals surface area contributed by atoms with Gasteiger partial charge in [0.1, 0.15) is 11.6 Å². The Balaban J connectivity index is 0.000000227. The number of nitrogens with zero attached hydrogens (tertiary/aromatic N) is 3. The second kappa shape index (κ2) is 16.1. The SMILES string of the molecule is CC1C(C)C2c3ccccc3N(c3cc(C(C)(C)C)cc(C(C)(C)C)c3)C2C1C.[CH3-].[Cl][Ti][Cl].[N-]=C1c2ccccc2CN1c1c(F)cccc1F. The van der Waals surface area contributed by atoms with Crippen LogP contribution in [0.2, 0.25) is 0 Å². The predicted octanol–water partition coefficient (Wildman–Crippen LogP) is 12.9. The summed E-state index contributed by atoms with van der Waals surface area (Å²) in [6.07, 6.45) is 0. The molecule has 2 heterocycles. The van der Waals surface area contributed by atoms with Crippen LogP contribution < -0.4 is 9.80 Å². The third-order valence-electron chi connectivity index (χ3n) is 11.0. The molecule has 1 aliphatic carbocycles. The standard InChI is InChI=1S/C28H39N.C14H9F2N2.CH3.2ClH.Ti/c1-17-18(2)25-23-12-10-11-13-24(23)29(26(25)19(17)3)22-15-20(27(4,5)6)14-21(16-22)28(7,8)9;15-11-6-3-7-12(16)13(11)18-8-9-4-1-2-5-10(9)14(18)17;;;;/h10-19,25-26H,1-9H3;1-7H,8H2;1H3;2*1H;/q;2*-1;;;+2/p-2. The van der Waals surface area contributed by atoms with E-state index in [2.05, 4.69) is 110 Å². The van der Waals surface area contributed by atoms with Gasteiger partial charge in [-0.3, -0.25) is 0 Å². The zero-order valence-corrected chi connectivity index (χ0v) is 34.6. The van der Waals surface area contributed by atoms with Gasteiger partial charge in [-0.15, -0.1) is 0 Å². The van der Waals surface area contributed by atoms with E-state index in [4.69, 9.17) is 18.6 Å². The van der Waals surface area contributed by atoms with E-state index in [0.717, 1.165) is 11.5 Å². The molecule has 51 heavy (non-hydrogen) atoms. The fourth-order valence-corrected chi connectivity index (χ4v) is 7.89. The van der Waals surface area contributed by atoms with Crippen molar-refractivity contribution in [3.05, 3.63) is 137 Å². The molecular weight excluding hydrogens is 715 g/mol. The van der Waals surface area contributed by atoms with E-state index in [1.807, 2.05) is 12.1 Å². The van der Waals surface area contributed by atoms with E-state index in [0.29, 0.717) is 29.4 Å². The molecule has 0 spiro atoms. The van der Waals surface area contributed by atoms with Crippen LogP contribution in [0.15, 0.2) is 84.9 Å². The Bertz CT molecular complexity index is 1800. The molecule has 0 saturated heterocycles. The largest absolute Gasteiger partial charge is 0.464 e. The number of benzene rings is 4. The molecule has 0 aromatic heterocycles. The Hall–Kier alpha value is -2.70. The Kier molecular flexibility index (Phi) is 13.0. The summed E-state index contributed by atoms with van der Waals surface area (Å²) in [4.78, 5) is 3.95. The van der Waals surface area contributed by atoms with E-state index in [1.54, 1.807) is 17.7 Å². The van der Waals surface area contributed by atoms with Gasteiger partial charge in [0.2, 0.25) is 0 Å². The first kappa shape index (κ1) is 41.1. The quantitative estimate of drug-likeness (QED) is 0.150. The molecule has 7 rings (SSSR count). The van der Waals surface area contributed by atoms with Crippen LogP contribution in [0.4, 0.5) is 25.8 Å². The molecule has 0 bridgehead atoms. The molecule has 272 valence electrons. The molecule has 4 aromatic carbocycles. The average Bonchev–Trinajstić information content (AvgIpc) is 3.65. The molecule has 0 amide bonds. The molecule has 0 radical (unpaired) electrons. The van der Waals surface area contributed by atoms with Crippen molar-refractivity contribution >= 4 is 41.5 Å². The molecule has 5 unspecified atom stereocenters. The minimum Gasteiger partial charge on any atom is -0.464 e. The van der Waals surface area contributed by atoms with Crippen LogP contribution in [0.5, 0.6) is 0 Å². The third-order valence-corrected chi connectivity index (χ3v) is 11.0. The number of hydrogen-bond donors (Lipinski definition) is 0. The zero-order valence-electron chi connectivity index (χ0n) is 31.5. The second-order valence-electron chi connectivity index (χ2n) is 16.0. The van der Waals surface area contributed by atoms with Crippen LogP contribution in [0.25, 0.3) is 5.41 Å². The van der Waals surface area contributed by atoms with E-state index in [1.165, 1.54) is 45.6 Å². The van der Waals surface area contributed by atoms with Gasteiger partial charge in [0.05, 0.1) is 0 Å². The van der Waals surface area contributed by atoms with Gasteiger partial charge in [0.25, 0.3) is 0 Å². The van der Waals surface area contributed by atoms with E-state index in [-0.39, 0.29) is 36.3 Å². The van der Waals surface area contributed by atoms with Crippen molar-refractivity contribution in [1.29, 1.82) is 0 Å². The number of amidine groups is 1. The van der Waals surface area contributed by atoms with E-state index < -0.39 is 28.7 Å². The molecule has 3 aliphatic rings. The van der Waals surface area contributed by atoms with Gasteiger partial charge in [-0.05, 0) is 93.3 Å². The molecular formula is C43H51Cl2F2N3Ti-2. The number of fused-ring (bicyclic) bond motifs is 4. The molecule has 1 fully saturated rings. The summed E-state index contributed by atoms with van der Waals surface area (Å²) < 4.78 is 27.4. The van der Waals surface area contributed by atoms with E-state index >= 15 is 0 Å². The number of para-hydroxylation sites is 2. The second-order valence-corrected chi connectivity index (χ2v) is 18.6. The van der Waals surface area contributed by atoms with Gasteiger partial charge in [-0.1, -0.05) is 123 Å². The van der Waals surface area contributed by atoms with Crippen LogP contribution >= 0.6 is 18.6 Å². The maximum Gasteiger partial charge on any atom is 0.129 e. The summed E-state index contributed by atoms with van der Waals surface area (Å²) in [7, 11) is 9.78.